The van der Waals surface area contributed by atoms with Gasteiger partial charge in [0.25, 0.3) is 5.91 Å². The Hall–Kier alpha value is -3.37. The molecule has 0 unspecified atom stereocenters. The fourth-order valence-corrected chi connectivity index (χ4v) is 5.66. The van der Waals surface area contributed by atoms with Crippen molar-refractivity contribution in [2.75, 3.05) is 13.1 Å². The highest BCUT2D eigenvalue weighted by molar-refractivity contribution is 7.89. The molecule has 31 heavy (non-hydrogen) atoms. The molecule has 2 aliphatic heterocycles. The molecular formula is C21H19N5O4S. The summed E-state index contributed by atoms with van der Waals surface area (Å²) in [7, 11) is -3.91. The van der Waals surface area contributed by atoms with Gasteiger partial charge in [0.05, 0.1) is 18.8 Å². The third-order valence-electron chi connectivity index (χ3n) is 5.44. The van der Waals surface area contributed by atoms with E-state index in [0.717, 1.165) is 5.56 Å². The van der Waals surface area contributed by atoms with Gasteiger partial charge in [0.15, 0.2) is 0 Å². The number of hydrogen-bond donors (Lipinski definition) is 0. The molecule has 10 heteroatoms. The van der Waals surface area contributed by atoms with Gasteiger partial charge in [-0.3, -0.25) is 9.78 Å². The molecule has 0 aliphatic carbocycles. The second-order valence-corrected chi connectivity index (χ2v) is 9.23. The Morgan fingerprint density at radius 1 is 1.03 bits per heavy atom. The maximum absolute atomic E-state index is 13.6. The number of likely N-dealkylation sites (tertiary alicyclic amines) is 1. The fraction of sp³-hybridized carbons (Fsp3) is 0.238. The Morgan fingerprint density at radius 2 is 1.87 bits per heavy atom. The van der Waals surface area contributed by atoms with Crippen LogP contribution < -0.4 is 4.74 Å². The number of benzene rings is 1. The van der Waals surface area contributed by atoms with Crippen molar-refractivity contribution in [2.24, 2.45) is 0 Å². The molecule has 2 aliphatic rings. The minimum Gasteiger partial charge on any atom is -0.470 e. The molecule has 3 aromatic rings. The first-order chi connectivity index (χ1) is 15.0. The van der Waals surface area contributed by atoms with Gasteiger partial charge in [-0.2, -0.15) is 4.31 Å². The number of ether oxygens (including phenoxy) is 1. The molecule has 0 bridgehead atoms. The molecule has 158 valence electrons. The second kappa shape index (κ2) is 7.71. The lowest BCUT2D eigenvalue weighted by molar-refractivity contribution is 0.0763. The molecule has 4 heterocycles. The van der Waals surface area contributed by atoms with Gasteiger partial charge >= 0.3 is 0 Å². The van der Waals surface area contributed by atoms with E-state index in [2.05, 4.69) is 15.0 Å². The van der Waals surface area contributed by atoms with Crippen LogP contribution in [0, 0.1) is 0 Å². The number of nitrogens with zero attached hydrogens (tertiary/aromatic N) is 5. The quantitative estimate of drug-likeness (QED) is 0.609. The van der Waals surface area contributed by atoms with E-state index in [1.54, 1.807) is 11.0 Å². The number of fused-ring (bicyclic) bond motifs is 2. The third kappa shape index (κ3) is 3.53. The van der Waals surface area contributed by atoms with Gasteiger partial charge in [-0.05, 0) is 17.7 Å². The molecule has 0 saturated carbocycles. The summed E-state index contributed by atoms with van der Waals surface area (Å²) in [6, 6.07) is 11.9. The Balaban J connectivity index is 1.54. The lowest BCUT2D eigenvalue weighted by atomic mass is 10.1. The molecule has 5 rings (SSSR count). The number of amides is 1. The number of aromatic nitrogens is 3. The highest BCUT2D eigenvalue weighted by atomic mass is 32.2. The maximum atomic E-state index is 13.6. The van der Waals surface area contributed by atoms with Crippen molar-refractivity contribution in [3.63, 3.8) is 0 Å². The molecule has 1 saturated heterocycles. The summed E-state index contributed by atoms with van der Waals surface area (Å²) in [6.07, 6.45) is 5.27. The summed E-state index contributed by atoms with van der Waals surface area (Å²) in [5, 5.41) is 0. The summed E-state index contributed by atoms with van der Waals surface area (Å²) in [5.74, 6) is -0.259. The van der Waals surface area contributed by atoms with E-state index in [0.29, 0.717) is 0 Å². The van der Waals surface area contributed by atoms with Crippen molar-refractivity contribution in [3.05, 3.63) is 78.5 Å². The van der Waals surface area contributed by atoms with Gasteiger partial charge < -0.3 is 9.64 Å². The zero-order valence-electron chi connectivity index (χ0n) is 16.4. The Morgan fingerprint density at radius 3 is 2.65 bits per heavy atom. The van der Waals surface area contributed by atoms with Gasteiger partial charge in [-0.15, -0.1) is 0 Å². The lowest BCUT2D eigenvalue weighted by Gasteiger charge is -2.28. The monoisotopic (exact) mass is 437 g/mol. The minimum atomic E-state index is -3.91. The first kappa shape index (κ1) is 19.6. The van der Waals surface area contributed by atoms with E-state index in [-0.39, 0.29) is 42.0 Å². The van der Waals surface area contributed by atoms with Crippen LogP contribution in [0.15, 0.2) is 72.1 Å². The Bertz CT molecular complexity index is 1210. The number of pyridine rings is 1. The van der Waals surface area contributed by atoms with Gasteiger partial charge in [-0.1, -0.05) is 30.3 Å². The van der Waals surface area contributed by atoms with Crippen LogP contribution in [0.3, 0.4) is 0 Å². The fourth-order valence-electron chi connectivity index (χ4n) is 3.96. The third-order valence-corrected chi connectivity index (χ3v) is 7.33. The molecule has 2 atom stereocenters. The average Bonchev–Trinajstić information content (AvgIpc) is 3.18. The number of hydrogen-bond acceptors (Lipinski definition) is 7. The van der Waals surface area contributed by atoms with Crippen LogP contribution in [0.2, 0.25) is 0 Å². The summed E-state index contributed by atoms with van der Waals surface area (Å²) in [6.45, 7) is 0.562. The summed E-state index contributed by atoms with van der Waals surface area (Å²) in [5.41, 5.74) is 1.05. The molecule has 1 aromatic carbocycles. The van der Waals surface area contributed by atoms with Crippen molar-refractivity contribution in [1.29, 1.82) is 0 Å². The van der Waals surface area contributed by atoms with Gasteiger partial charge in [0, 0.05) is 31.7 Å². The van der Waals surface area contributed by atoms with E-state index in [9.17, 15) is 13.2 Å². The molecule has 2 aromatic heterocycles. The van der Waals surface area contributed by atoms with Crippen molar-refractivity contribution >= 4 is 15.9 Å². The van der Waals surface area contributed by atoms with Crippen LogP contribution in [-0.2, 0) is 16.6 Å². The summed E-state index contributed by atoms with van der Waals surface area (Å²) in [4.78, 5) is 26.7. The van der Waals surface area contributed by atoms with Crippen molar-refractivity contribution in [2.45, 2.75) is 23.6 Å². The lowest BCUT2D eigenvalue weighted by Crippen LogP contribution is -2.46. The highest BCUT2D eigenvalue weighted by Crippen LogP contribution is 2.36. The molecule has 0 N–H and O–H groups in total. The van der Waals surface area contributed by atoms with Crippen molar-refractivity contribution in [1.82, 2.24) is 24.2 Å². The van der Waals surface area contributed by atoms with E-state index in [1.807, 2.05) is 30.3 Å². The number of rotatable bonds is 3. The number of carbonyl (C=O) groups excluding carboxylic acids is 1. The van der Waals surface area contributed by atoms with Crippen LogP contribution in [0.5, 0.6) is 5.88 Å². The standard InChI is InChI=1S/C21H19N5O4S/c27-21(16-11-22-9-10-23-16)25-13-17-18(14-25)30-20-19(7-4-8-24-20)31(28,29)26(17)12-15-5-2-1-3-6-15/h1-11,17-18H,12-14H2/t17-,18+/m0/s1. The smallest absolute Gasteiger partial charge is 0.274 e. The Labute approximate surface area is 179 Å². The summed E-state index contributed by atoms with van der Waals surface area (Å²) < 4.78 is 34.7. The first-order valence-electron chi connectivity index (χ1n) is 9.77. The molecule has 0 radical (unpaired) electrons. The van der Waals surface area contributed by atoms with E-state index in [4.69, 9.17) is 4.74 Å². The maximum Gasteiger partial charge on any atom is 0.274 e. The van der Waals surface area contributed by atoms with Gasteiger partial charge in [0.2, 0.25) is 15.9 Å². The molecule has 1 amide bonds. The predicted molar refractivity (Wildman–Crippen MR) is 110 cm³/mol. The van der Waals surface area contributed by atoms with Gasteiger partial charge in [-0.25, -0.2) is 18.4 Å². The van der Waals surface area contributed by atoms with Crippen LogP contribution in [0.25, 0.3) is 0 Å². The van der Waals surface area contributed by atoms with Crippen LogP contribution >= 0.6 is 0 Å². The largest absolute Gasteiger partial charge is 0.470 e. The normalized spacial score (nSPS) is 22.1. The first-order valence-corrected chi connectivity index (χ1v) is 11.2. The van der Waals surface area contributed by atoms with Crippen LogP contribution in [0.4, 0.5) is 0 Å². The van der Waals surface area contributed by atoms with Crippen LogP contribution in [0.1, 0.15) is 16.1 Å². The molecule has 1 fully saturated rings. The minimum absolute atomic E-state index is 0.0344. The zero-order valence-corrected chi connectivity index (χ0v) is 17.2. The average molecular weight is 437 g/mol. The zero-order chi connectivity index (χ0) is 21.4. The van der Waals surface area contributed by atoms with Crippen LogP contribution in [-0.4, -0.2) is 63.7 Å². The Kier molecular flexibility index (Phi) is 4.87. The van der Waals surface area contributed by atoms with E-state index >= 15 is 0 Å². The summed E-state index contributed by atoms with van der Waals surface area (Å²) >= 11 is 0. The topological polar surface area (TPSA) is 106 Å². The van der Waals surface area contributed by atoms with E-state index in [1.165, 1.54) is 35.2 Å². The predicted octanol–water partition coefficient (Wildman–Crippen LogP) is 1.35. The van der Waals surface area contributed by atoms with Crippen molar-refractivity contribution in [3.8, 4) is 5.88 Å². The van der Waals surface area contributed by atoms with Gasteiger partial charge in [0.1, 0.15) is 16.7 Å². The molecule has 9 nitrogen and oxygen atoms in total. The second-order valence-electron chi connectivity index (χ2n) is 7.37. The molecular weight excluding hydrogens is 418 g/mol. The highest BCUT2D eigenvalue weighted by Gasteiger charge is 2.48. The SMILES string of the molecule is O=C(c1cnccn1)N1C[C@H]2Oc3ncccc3S(=O)(=O)N(Cc3ccccc3)[C@H]2C1. The van der Waals surface area contributed by atoms with Crippen molar-refractivity contribution < 1.29 is 17.9 Å². The molecule has 0 spiro atoms. The van der Waals surface area contributed by atoms with E-state index < -0.39 is 22.2 Å². The number of carbonyl (C=O) groups is 1. The number of sulfonamides is 1.